The fraction of sp³-hybridized carbons (Fsp3) is 0.814. The average molecular weight is 1430 g/mol. The van der Waals surface area contributed by atoms with E-state index in [9.17, 15) is 5.53 Å². The maximum Gasteiger partial charge on any atom is 2.00 e. The van der Waals surface area contributed by atoms with Crippen molar-refractivity contribution in [2.45, 2.75) is 511 Å². The SMILES string of the molecule is CCCCCCc1cc(C2=CC=C(c3cc(C)c(C)c(C)c3)[N+]2=[N-])cc(CCCCCC)c1CCCCCC.[CH2-]CCCCCCCCCCCCCCCCCCCCCCCCCCCCC.[CH2-]CCCCCCCCCCCCCCCCCCCCCCCCCCCCC.[Ni+2]. The van der Waals surface area contributed by atoms with Gasteiger partial charge in [-0.25, -0.2) is 4.70 Å². The van der Waals surface area contributed by atoms with Crippen LogP contribution in [0.2, 0.25) is 0 Å². The van der Waals surface area contributed by atoms with Gasteiger partial charge >= 0.3 is 16.5 Å². The Kier molecular flexibility index (Phi) is 75.1. The molecule has 584 valence electrons. The Morgan fingerprint density at radius 3 is 0.640 bits per heavy atom. The first-order chi connectivity index (χ1) is 48.7. The van der Waals surface area contributed by atoms with Crippen molar-refractivity contribution in [1.82, 2.24) is 0 Å². The van der Waals surface area contributed by atoms with E-state index in [-0.39, 0.29) is 16.5 Å². The first-order valence-corrected chi connectivity index (χ1v) is 45.5. The zero-order valence-electron chi connectivity index (χ0n) is 69.3. The second kappa shape index (κ2) is 76.7. The number of hydrogen-bond donors (Lipinski definition) is 0. The van der Waals surface area contributed by atoms with E-state index in [2.05, 4.69) is 106 Å². The number of allylic oxidation sites excluding steroid dienone is 2. The standard InChI is InChI=1S/C37H54N2.2C30H61.Ni/c1-7-10-13-16-19-31-26-34(27-32(20-17-14-11-8-2)35(31)21-18-15-12-9-3)37-23-22-36(39(37)38)33-24-28(4)30(6)29(5)25-33;2*1-3-5-7-9-11-13-15-17-19-21-23-25-27-29-30-28-26-24-22-20-18-16-14-12-10-8-6-4-2;/h22-27H,7-21H2,1-6H3;2*1,3-30H2,2H3;/q;2*-1;+2. The molecule has 0 spiro atoms. The van der Waals surface area contributed by atoms with Gasteiger partial charge in [-0.3, -0.25) is 0 Å². The molecule has 100 heavy (non-hydrogen) atoms. The summed E-state index contributed by atoms with van der Waals surface area (Å²) in [5, 5.41) is 0. The van der Waals surface area contributed by atoms with Crippen molar-refractivity contribution in [3.05, 3.63) is 100 Å². The Hall–Kier alpha value is -1.99. The molecule has 0 atom stereocenters. The van der Waals surface area contributed by atoms with E-state index in [4.69, 9.17) is 0 Å². The van der Waals surface area contributed by atoms with Gasteiger partial charge in [0, 0.05) is 23.3 Å². The summed E-state index contributed by atoms with van der Waals surface area (Å²) in [5.74, 6) is 0. The van der Waals surface area contributed by atoms with Crippen LogP contribution in [0.4, 0.5) is 0 Å². The van der Waals surface area contributed by atoms with Crippen LogP contribution in [0.25, 0.3) is 16.9 Å². The van der Waals surface area contributed by atoms with E-state index in [1.807, 2.05) is 0 Å². The molecule has 2 aromatic rings. The summed E-state index contributed by atoms with van der Waals surface area (Å²) in [4.78, 5) is 0. The zero-order chi connectivity index (χ0) is 71.8. The van der Waals surface area contributed by atoms with Gasteiger partial charge in [0.25, 0.3) is 0 Å². The molecule has 0 bridgehead atoms. The smallest absolute Gasteiger partial charge is 0.493 e. The van der Waals surface area contributed by atoms with Crippen molar-refractivity contribution in [3.8, 4) is 0 Å². The molecule has 3 heteroatoms. The molecule has 0 fully saturated rings. The monoisotopic (exact) mass is 1430 g/mol. The van der Waals surface area contributed by atoms with E-state index in [1.165, 1.54) is 463 Å². The predicted molar refractivity (Wildman–Crippen MR) is 451 cm³/mol. The molecule has 2 aromatic carbocycles. The molecular formula is C97H176N2Ni. The fourth-order valence-electron chi connectivity index (χ4n) is 15.3. The van der Waals surface area contributed by atoms with E-state index in [0.717, 1.165) is 48.2 Å². The molecular weight excluding hydrogens is 1250 g/mol. The van der Waals surface area contributed by atoms with Crippen molar-refractivity contribution < 1.29 is 21.2 Å². The van der Waals surface area contributed by atoms with Crippen LogP contribution in [0.15, 0.2) is 36.4 Å². The number of hydrogen-bond acceptors (Lipinski definition) is 0. The van der Waals surface area contributed by atoms with Crippen molar-refractivity contribution in [2.75, 3.05) is 0 Å². The van der Waals surface area contributed by atoms with Crippen LogP contribution in [-0.2, 0) is 35.8 Å². The van der Waals surface area contributed by atoms with Gasteiger partial charge in [-0.1, -0.05) is 439 Å². The van der Waals surface area contributed by atoms with Crippen LogP contribution >= 0.6 is 0 Å². The topological polar surface area (TPSA) is 25.3 Å². The first kappa shape index (κ1) is 98.0. The third-order valence-electron chi connectivity index (χ3n) is 22.4. The number of benzene rings is 2. The Balaban J connectivity index is 0.00000149. The van der Waals surface area contributed by atoms with Gasteiger partial charge in [-0.05, 0) is 117 Å². The van der Waals surface area contributed by atoms with Crippen LogP contribution in [0.5, 0.6) is 0 Å². The van der Waals surface area contributed by atoms with Crippen LogP contribution in [-0.4, -0.2) is 4.70 Å². The van der Waals surface area contributed by atoms with Gasteiger partial charge in [-0.15, -0.1) is 0 Å². The number of rotatable bonds is 71. The summed E-state index contributed by atoms with van der Waals surface area (Å²) in [5.41, 5.74) is 24.0. The summed E-state index contributed by atoms with van der Waals surface area (Å²) in [7, 11) is 0. The number of nitrogens with zero attached hydrogens (tertiary/aromatic N) is 2. The molecule has 0 saturated heterocycles. The van der Waals surface area contributed by atoms with Gasteiger partial charge in [0.1, 0.15) is 0 Å². The average Bonchev–Trinajstić information content (AvgIpc) is 1.57. The Morgan fingerprint density at radius 2 is 0.430 bits per heavy atom. The summed E-state index contributed by atoms with van der Waals surface area (Å²) < 4.78 is 1.43. The van der Waals surface area contributed by atoms with E-state index in [0.29, 0.717) is 0 Å². The Morgan fingerprint density at radius 1 is 0.250 bits per heavy atom. The Labute approximate surface area is 640 Å². The normalized spacial score (nSPS) is 12.0. The molecule has 1 aliphatic rings. The molecule has 2 nitrogen and oxygen atoms in total. The molecule has 0 unspecified atom stereocenters. The van der Waals surface area contributed by atoms with Crippen LogP contribution in [0.3, 0.4) is 0 Å². The summed E-state index contributed by atoms with van der Waals surface area (Å²) in [6.07, 6.45) is 105. The Bertz CT molecular complexity index is 1940. The van der Waals surface area contributed by atoms with E-state index < -0.39 is 0 Å². The molecule has 0 N–H and O–H groups in total. The molecule has 1 aliphatic heterocycles. The van der Waals surface area contributed by atoms with E-state index in [1.54, 1.807) is 5.56 Å². The van der Waals surface area contributed by atoms with Gasteiger partial charge < -0.3 is 19.4 Å². The minimum Gasteiger partial charge on any atom is -0.493 e. The van der Waals surface area contributed by atoms with Crippen molar-refractivity contribution >= 4 is 11.4 Å². The zero-order valence-corrected chi connectivity index (χ0v) is 70.3. The molecule has 0 amide bonds. The molecule has 1 heterocycles. The molecule has 0 aromatic heterocycles. The predicted octanol–water partition coefficient (Wildman–Crippen LogP) is 34.9. The molecule has 0 radical (unpaired) electrons. The molecule has 3 rings (SSSR count). The van der Waals surface area contributed by atoms with Crippen molar-refractivity contribution in [3.63, 3.8) is 0 Å². The van der Waals surface area contributed by atoms with Gasteiger partial charge in [0.05, 0.1) is 0 Å². The fourth-order valence-corrected chi connectivity index (χ4v) is 15.3. The van der Waals surface area contributed by atoms with Crippen molar-refractivity contribution in [1.29, 1.82) is 0 Å². The largest absolute Gasteiger partial charge is 2.00 e. The van der Waals surface area contributed by atoms with Crippen LogP contribution in [0.1, 0.15) is 516 Å². The van der Waals surface area contributed by atoms with Gasteiger partial charge in [0.2, 0.25) is 11.4 Å². The second-order valence-corrected chi connectivity index (χ2v) is 31.9. The molecule has 0 aliphatic carbocycles. The third-order valence-corrected chi connectivity index (χ3v) is 22.4. The molecule has 0 saturated carbocycles. The summed E-state index contributed by atoms with van der Waals surface area (Å²) in [6, 6.07) is 9.22. The van der Waals surface area contributed by atoms with Crippen LogP contribution < -0.4 is 0 Å². The summed E-state index contributed by atoms with van der Waals surface area (Å²) >= 11 is 0. The van der Waals surface area contributed by atoms with Gasteiger partial charge in [-0.2, -0.15) is 12.8 Å². The number of aryl methyl sites for hydroxylation is 4. The minimum atomic E-state index is 0. The maximum atomic E-state index is 11.4. The maximum absolute atomic E-state index is 11.4. The van der Waals surface area contributed by atoms with Gasteiger partial charge in [0.15, 0.2) is 0 Å². The third kappa shape index (κ3) is 57.3. The number of unbranched alkanes of at least 4 members (excludes halogenated alkanes) is 63. The second-order valence-electron chi connectivity index (χ2n) is 31.9. The first-order valence-electron chi connectivity index (χ1n) is 45.5. The quantitative estimate of drug-likeness (QED) is 0.0273. The van der Waals surface area contributed by atoms with E-state index >= 15 is 0 Å². The van der Waals surface area contributed by atoms with Crippen LogP contribution in [0, 0.1) is 34.6 Å². The summed E-state index contributed by atoms with van der Waals surface area (Å²) in [6.45, 7) is 25.8. The van der Waals surface area contributed by atoms with Crippen molar-refractivity contribution in [2.24, 2.45) is 0 Å². The minimum absolute atomic E-state index is 0.